The number of ether oxygens (including phenoxy) is 2. The third-order valence-corrected chi connectivity index (χ3v) is 5.21. The van der Waals surface area contributed by atoms with Crippen LogP contribution in [0, 0.1) is 0 Å². The molecular formula is C19H20N2O2S. The van der Waals surface area contributed by atoms with E-state index in [9.17, 15) is 0 Å². The van der Waals surface area contributed by atoms with Crippen molar-refractivity contribution in [2.75, 3.05) is 31.2 Å². The van der Waals surface area contributed by atoms with Crippen LogP contribution in [0.2, 0.25) is 0 Å². The van der Waals surface area contributed by atoms with Crippen LogP contribution in [0.5, 0.6) is 0 Å². The maximum absolute atomic E-state index is 6.08. The van der Waals surface area contributed by atoms with Crippen LogP contribution in [-0.4, -0.2) is 37.4 Å². The molecule has 124 valence electrons. The molecule has 2 heterocycles. The van der Waals surface area contributed by atoms with E-state index in [-0.39, 0.29) is 6.10 Å². The van der Waals surface area contributed by atoms with E-state index in [4.69, 9.17) is 14.5 Å². The number of fused-ring (bicyclic) bond motifs is 1. The molecular weight excluding hydrogens is 320 g/mol. The zero-order chi connectivity index (χ0) is 16.2. The topological polar surface area (TPSA) is 34.6 Å². The Balaban J connectivity index is 1.45. The van der Waals surface area contributed by atoms with Gasteiger partial charge in [-0.3, -0.25) is 0 Å². The highest BCUT2D eigenvalue weighted by Crippen LogP contribution is 2.29. The van der Waals surface area contributed by atoms with Crippen LogP contribution in [0.3, 0.4) is 0 Å². The van der Waals surface area contributed by atoms with Crippen LogP contribution in [0.1, 0.15) is 5.56 Å². The highest BCUT2D eigenvalue weighted by atomic mass is 32.1. The van der Waals surface area contributed by atoms with E-state index >= 15 is 0 Å². The number of benzene rings is 2. The summed E-state index contributed by atoms with van der Waals surface area (Å²) in [6, 6.07) is 18.5. The molecule has 1 atom stereocenters. The number of hydrogen-bond donors (Lipinski definition) is 0. The van der Waals surface area contributed by atoms with Crippen molar-refractivity contribution < 1.29 is 9.47 Å². The summed E-state index contributed by atoms with van der Waals surface area (Å²) in [5.74, 6) is 0. The molecule has 1 aliphatic heterocycles. The lowest BCUT2D eigenvalue weighted by Gasteiger charge is -2.23. The molecule has 1 fully saturated rings. The van der Waals surface area contributed by atoms with Crippen LogP contribution < -0.4 is 4.90 Å². The lowest BCUT2D eigenvalue weighted by atomic mass is 10.2. The Morgan fingerprint density at radius 2 is 1.96 bits per heavy atom. The molecule has 1 aliphatic rings. The van der Waals surface area contributed by atoms with Crippen molar-refractivity contribution in [3.63, 3.8) is 0 Å². The summed E-state index contributed by atoms with van der Waals surface area (Å²) >= 11 is 1.73. The highest BCUT2D eigenvalue weighted by molar-refractivity contribution is 7.22. The van der Waals surface area contributed by atoms with Gasteiger partial charge in [-0.1, -0.05) is 53.8 Å². The van der Waals surface area contributed by atoms with Crippen LogP contribution in [-0.2, 0) is 16.1 Å². The molecule has 0 bridgehead atoms. The van der Waals surface area contributed by atoms with Gasteiger partial charge >= 0.3 is 0 Å². The van der Waals surface area contributed by atoms with Crippen molar-refractivity contribution >= 4 is 26.7 Å². The highest BCUT2D eigenvalue weighted by Gasteiger charge is 2.21. The lowest BCUT2D eigenvalue weighted by molar-refractivity contribution is -0.00795. The van der Waals surface area contributed by atoms with Crippen LogP contribution in [0.15, 0.2) is 54.6 Å². The van der Waals surface area contributed by atoms with Gasteiger partial charge in [0.1, 0.15) is 0 Å². The standard InChI is InChI=1S/C19H20N2O2S/c1-2-6-15(7-3-1)13-23-16-12-21(10-11-22-14-16)19-20-17-8-4-5-9-18(17)24-19/h1-9,16H,10-14H2/t16-/m1/s1. The molecule has 0 unspecified atom stereocenters. The molecule has 1 aromatic heterocycles. The summed E-state index contributed by atoms with van der Waals surface area (Å²) in [6.45, 7) is 3.62. The SMILES string of the molecule is c1ccc(CO[C@H]2COCCN(c3nc4ccccc4s3)C2)cc1. The summed E-state index contributed by atoms with van der Waals surface area (Å²) < 4.78 is 13.0. The predicted molar refractivity (Wildman–Crippen MR) is 97.7 cm³/mol. The number of nitrogens with zero attached hydrogens (tertiary/aromatic N) is 2. The third kappa shape index (κ3) is 3.59. The van der Waals surface area contributed by atoms with Crippen molar-refractivity contribution in [1.29, 1.82) is 0 Å². The fourth-order valence-electron chi connectivity index (χ4n) is 2.84. The van der Waals surface area contributed by atoms with E-state index < -0.39 is 0 Å². The van der Waals surface area contributed by atoms with Gasteiger partial charge in [-0.25, -0.2) is 4.98 Å². The fraction of sp³-hybridized carbons (Fsp3) is 0.316. The third-order valence-electron chi connectivity index (χ3n) is 4.11. The zero-order valence-corrected chi connectivity index (χ0v) is 14.2. The summed E-state index contributed by atoms with van der Waals surface area (Å²) in [4.78, 5) is 7.05. The maximum atomic E-state index is 6.08. The van der Waals surface area contributed by atoms with Crippen molar-refractivity contribution in [3.05, 3.63) is 60.2 Å². The first-order valence-electron chi connectivity index (χ1n) is 8.22. The summed E-state index contributed by atoms with van der Waals surface area (Å²) in [7, 11) is 0. The minimum Gasteiger partial charge on any atom is -0.377 e. The minimum atomic E-state index is 0.0553. The Hall–Kier alpha value is -1.95. The van der Waals surface area contributed by atoms with Gasteiger partial charge in [-0.2, -0.15) is 0 Å². The molecule has 3 aromatic rings. The first-order chi connectivity index (χ1) is 11.9. The van der Waals surface area contributed by atoms with Gasteiger partial charge in [-0.15, -0.1) is 0 Å². The van der Waals surface area contributed by atoms with E-state index in [0.29, 0.717) is 19.8 Å². The Morgan fingerprint density at radius 3 is 2.83 bits per heavy atom. The second kappa shape index (κ2) is 7.30. The second-order valence-corrected chi connectivity index (χ2v) is 6.91. The van der Waals surface area contributed by atoms with Crippen molar-refractivity contribution in [2.24, 2.45) is 0 Å². The number of hydrogen-bond acceptors (Lipinski definition) is 5. The molecule has 1 saturated heterocycles. The molecule has 0 N–H and O–H groups in total. The molecule has 4 rings (SSSR count). The van der Waals surface area contributed by atoms with Crippen LogP contribution in [0.4, 0.5) is 5.13 Å². The van der Waals surface area contributed by atoms with E-state index in [0.717, 1.165) is 23.7 Å². The minimum absolute atomic E-state index is 0.0553. The lowest BCUT2D eigenvalue weighted by Crippen LogP contribution is -2.34. The molecule has 24 heavy (non-hydrogen) atoms. The average Bonchev–Trinajstić information content (AvgIpc) is 2.92. The van der Waals surface area contributed by atoms with Crippen molar-refractivity contribution in [3.8, 4) is 0 Å². The number of para-hydroxylation sites is 1. The smallest absolute Gasteiger partial charge is 0.186 e. The van der Waals surface area contributed by atoms with Gasteiger partial charge in [0, 0.05) is 13.1 Å². The molecule has 2 aromatic carbocycles. The first kappa shape index (κ1) is 15.6. The quantitative estimate of drug-likeness (QED) is 0.725. The fourth-order valence-corrected chi connectivity index (χ4v) is 3.84. The monoisotopic (exact) mass is 340 g/mol. The van der Waals surface area contributed by atoms with E-state index in [1.807, 2.05) is 24.3 Å². The maximum Gasteiger partial charge on any atom is 0.186 e. The molecule has 0 aliphatic carbocycles. The number of aromatic nitrogens is 1. The number of rotatable bonds is 4. The van der Waals surface area contributed by atoms with Gasteiger partial charge in [-0.05, 0) is 17.7 Å². The molecule has 0 saturated carbocycles. The Morgan fingerprint density at radius 1 is 1.12 bits per heavy atom. The average molecular weight is 340 g/mol. The zero-order valence-electron chi connectivity index (χ0n) is 13.4. The van der Waals surface area contributed by atoms with E-state index in [1.165, 1.54) is 10.3 Å². The Kier molecular flexibility index (Phi) is 4.74. The largest absolute Gasteiger partial charge is 0.377 e. The van der Waals surface area contributed by atoms with Crippen LogP contribution in [0.25, 0.3) is 10.2 Å². The van der Waals surface area contributed by atoms with Gasteiger partial charge < -0.3 is 14.4 Å². The van der Waals surface area contributed by atoms with Gasteiger partial charge in [0.2, 0.25) is 0 Å². The molecule has 0 amide bonds. The second-order valence-electron chi connectivity index (χ2n) is 5.90. The molecule has 0 spiro atoms. The van der Waals surface area contributed by atoms with Gasteiger partial charge in [0.15, 0.2) is 5.13 Å². The summed E-state index contributed by atoms with van der Waals surface area (Å²) in [5.41, 5.74) is 2.25. The Bertz CT molecular complexity index is 757. The predicted octanol–water partition coefficient (Wildman–Crippen LogP) is 3.72. The van der Waals surface area contributed by atoms with Gasteiger partial charge in [0.25, 0.3) is 0 Å². The van der Waals surface area contributed by atoms with Crippen molar-refractivity contribution in [1.82, 2.24) is 4.98 Å². The normalized spacial score (nSPS) is 18.7. The number of anilines is 1. The summed E-state index contributed by atoms with van der Waals surface area (Å²) in [6.07, 6.45) is 0.0553. The van der Waals surface area contributed by atoms with E-state index in [2.05, 4.69) is 35.2 Å². The molecule has 4 nitrogen and oxygen atoms in total. The van der Waals surface area contributed by atoms with Gasteiger partial charge in [0.05, 0.1) is 36.1 Å². The molecule has 5 heteroatoms. The van der Waals surface area contributed by atoms with Crippen LogP contribution >= 0.6 is 11.3 Å². The van der Waals surface area contributed by atoms with E-state index in [1.54, 1.807) is 11.3 Å². The first-order valence-corrected chi connectivity index (χ1v) is 9.04. The van der Waals surface area contributed by atoms with Crippen molar-refractivity contribution in [2.45, 2.75) is 12.7 Å². The summed E-state index contributed by atoms with van der Waals surface area (Å²) in [5, 5.41) is 1.05. The number of thiazole rings is 1. The molecule has 0 radical (unpaired) electrons. The Labute approximate surface area is 145 Å².